The predicted molar refractivity (Wildman–Crippen MR) is 173 cm³/mol. The van der Waals surface area contributed by atoms with Gasteiger partial charge in [0.25, 0.3) is 10.0 Å². The van der Waals surface area contributed by atoms with Crippen LogP contribution in [-0.2, 0) is 32.6 Å². The van der Waals surface area contributed by atoms with Gasteiger partial charge in [0.15, 0.2) is 0 Å². The standard InChI is InChI=1S/C36H38FN3O4S/c1-27-14-8-13-23-33(27)40(45(43,44)31-20-6-3-7-21-31)26-35(41)39(25-29-17-9-12-22-32(29)37)34(24-28-15-4-2-5-16-28)36(42)38-30-18-10-11-19-30/h2-9,12-17,20-23,30,34H,10-11,18-19,24-26H2,1H3,(H,38,42). The summed E-state index contributed by atoms with van der Waals surface area (Å²) in [5.74, 6) is -1.48. The number of halogens is 1. The van der Waals surface area contributed by atoms with E-state index in [0.717, 1.165) is 35.6 Å². The molecule has 0 radical (unpaired) electrons. The van der Waals surface area contributed by atoms with Crippen molar-refractivity contribution < 1.29 is 22.4 Å². The Kier molecular flexibility index (Phi) is 10.3. The molecule has 0 spiro atoms. The lowest BCUT2D eigenvalue weighted by Crippen LogP contribution is -2.54. The number of aryl methyl sites for hydroxylation is 1. The molecule has 4 aromatic rings. The summed E-state index contributed by atoms with van der Waals surface area (Å²) in [4.78, 5) is 29.9. The highest BCUT2D eigenvalue weighted by atomic mass is 32.2. The van der Waals surface area contributed by atoms with Crippen LogP contribution in [0.3, 0.4) is 0 Å². The van der Waals surface area contributed by atoms with E-state index in [2.05, 4.69) is 5.32 Å². The average molecular weight is 628 g/mol. The monoisotopic (exact) mass is 627 g/mol. The molecule has 45 heavy (non-hydrogen) atoms. The summed E-state index contributed by atoms with van der Waals surface area (Å²) in [5.41, 5.74) is 2.05. The van der Waals surface area contributed by atoms with Crippen molar-refractivity contribution in [1.29, 1.82) is 0 Å². The summed E-state index contributed by atoms with van der Waals surface area (Å²) < 4.78 is 44.4. The third-order valence-electron chi connectivity index (χ3n) is 8.27. The number of nitrogens with zero attached hydrogens (tertiary/aromatic N) is 2. The quantitative estimate of drug-likeness (QED) is 0.208. The lowest BCUT2D eigenvalue weighted by Gasteiger charge is -2.34. The molecule has 1 fully saturated rings. The third-order valence-corrected chi connectivity index (χ3v) is 10.0. The van der Waals surface area contributed by atoms with Gasteiger partial charge in [0.1, 0.15) is 18.4 Å². The first-order valence-corrected chi connectivity index (χ1v) is 16.7. The van der Waals surface area contributed by atoms with Gasteiger partial charge in [0.2, 0.25) is 11.8 Å². The minimum Gasteiger partial charge on any atom is -0.352 e. The number of carbonyl (C=O) groups excluding carboxylic acids is 2. The molecule has 4 aromatic carbocycles. The summed E-state index contributed by atoms with van der Waals surface area (Å²) in [5, 5.41) is 3.13. The predicted octanol–water partition coefficient (Wildman–Crippen LogP) is 6.03. The van der Waals surface area contributed by atoms with Gasteiger partial charge in [0, 0.05) is 24.6 Å². The van der Waals surface area contributed by atoms with Gasteiger partial charge in [0.05, 0.1) is 10.6 Å². The average Bonchev–Trinajstić information content (AvgIpc) is 3.56. The van der Waals surface area contributed by atoms with E-state index in [0.29, 0.717) is 11.3 Å². The van der Waals surface area contributed by atoms with E-state index >= 15 is 4.39 Å². The van der Waals surface area contributed by atoms with Crippen molar-refractivity contribution in [1.82, 2.24) is 10.2 Å². The first-order valence-electron chi connectivity index (χ1n) is 15.2. The highest BCUT2D eigenvalue weighted by Crippen LogP contribution is 2.28. The zero-order valence-corrected chi connectivity index (χ0v) is 26.1. The van der Waals surface area contributed by atoms with Crippen LogP contribution in [0.2, 0.25) is 0 Å². The number of rotatable bonds is 12. The fourth-order valence-electron chi connectivity index (χ4n) is 5.81. The van der Waals surface area contributed by atoms with Gasteiger partial charge >= 0.3 is 0 Å². The van der Waals surface area contributed by atoms with Gasteiger partial charge in [-0.05, 0) is 55.2 Å². The van der Waals surface area contributed by atoms with Crippen LogP contribution in [0.4, 0.5) is 10.1 Å². The molecule has 1 saturated carbocycles. The Morgan fingerprint density at radius 1 is 0.844 bits per heavy atom. The van der Waals surface area contributed by atoms with Gasteiger partial charge in [-0.3, -0.25) is 13.9 Å². The fraction of sp³-hybridized carbons (Fsp3) is 0.278. The Bertz CT molecular complexity index is 1710. The van der Waals surface area contributed by atoms with Crippen molar-refractivity contribution in [2.24, 2.45) is 0 Å². The van der Waals surface area contributed by atoms with E-state index in [9.17, 15) is 18.0 Å². The zero-order valence-electron chi connectivity index (χ0n) is 25.3. The molecule has 1 unspecified atom stereocenters. The maximum absolute atomic E-state index is 15.1. The van der Waals surface area contributed by atoms with Crippen molar-refractivity contribution in [3.8, 4) is 0 Å². The number of anilines is 1. The van der Waals surface area contributed by atoms with Crippen molar-refractivity contribution >= 4 is 27.5 Å². The number of sulfonamides is 1. The van der Waals surface area contributed by atoms with Crippen molar-refractivity contribution in [3.63, 3.8) is 0 Å². The van der Waals surface area contributed by atoms with Crippen LogP contribution in [0.15, 0.2) is 114 Å². The summed E-state index contributed by atoms with van der Waals surface area (Å²) >= 11 is 0. The van der Waals surface area contributed by atoms with E-state index in [-0.39, 0.29) is 35.4 Å². The molecule has 7 nitrogen and oxygen atoms in total. The van der Waals surface area contributed by atoms with Crippen LogP contribution < -0.4 is 9.62 Å². The van der Waals surface area contributed by atoms with Crippen molar-refractivity contribution in [2.45, 2.75) is 62.6 Å². The first-order chi connectivity index (χ1) is 21.7. The number of benzene rings is 4. The molecule has 0 bridgehead atoms. The SMILES string of the molecule is Cc1ccccc1N(CC(=O)N(Cc1ccccc1F)C(Cc1ccccc1)C(=O)NC1CCCC1)S(=O)(=O)c1ccccc1. The largest absolute Gasteiger partial charge is 0.352 e. The van der Waals surface area contributed by atoms with Gasteiger partial charge in [-0.1, -0.05) is 97.8 Å². The second-order valence-corrected chi connectivity index (χ2v) is 13.3. The second-order valence-electron chi connectivity index (χ2n) is 11.4. The molecule has 0 saturated heterocycles. The van der Waals surface area contributed by atoms with Crippen LogP contribution in [-0.4, -0.2) is 43.8 Å². The normalized spacial score (nSPS) is 14.1. The molecular formula is C36H38FN3O4S. The smallest absolute Gasteiger partial charge is 0.264 e. The number of para-hydroxylation sites is 1. The van der Waals surface area contributed by atoms with E-state index in [1.54, 1.807) is 67.6 Å². The number of amides is 2. The fourth-order valence-corrected chi connectivity index (χ4v) is 7.31. The minimum absolute atomic E-state index is 0.0110. The van der Waals surface area contributed by atoms with Crippen LogP contribution in [0.5, 0.6) is 0 Å². The summed E-state index contributed by atoms with van der Waals surface area (Å²) in [6, 6.07) is 29.3. The number of hydrogen-bond donors (Lipinski definition) is 1. The van der Waals surface area contributed by atoms with Gasteiger partial charge in [-0.2, -0.15) is 0 Å². The van der Waals surface area contributed by atoms with Crippen LogP contribution >= 0.6 is 0 Å². The maximum Gasteiger partial charge on any atom is 0.264 e. The zero-order chi connectivity index (χ0) is 31.8. The molecule has 1 aliphatic rings. The van der Waals surface area contributed by atoms with E-state index in [1.807, 2.05) is 30.3 Å². The first kappa shape index (κ1) is 31.9. The number of carbonyl (C=O) groups is 2. The molecular weight excluding hydrogens is 589 g/mol. The van der Waals surface area contributed by atoms with E-state index < -0.39 is 34.3 Å². The highest BCUT2D eigenvalue weighted by molar-refractivity contribution is 7.92. The van der Waals surface area contributed by atoms with E-state index in [4.69, 9.17) is 0 Å². The lowest BCUT2D eigenvalue weighted by molar-refractivity contribution is -0.140. The third kappa shape index (κ3) is 7.78. The molecule has 9 heteroatoms. The summed E-state index contributed by atoms with van der Waals surface area (Å²) in [6.07, 6.45) is 3.89. The van der Waals surface area contributed by atoms with E-state index in [1.165, 1.54) is 23.1 Å². The molecule has 234 valence electrons. The van der Waals surface area contributed by atoms with Crippen LogP contribution in [0.1, 0.15) is 42.4 Å². The molecule has 0 aliphatic heterocycles. The Hall–Kier alpha value is -4.50. The maximum atomic E-state index is 15.1. The topological polar surface area (TPSA) is 86.8 Å². The number of hydrogen-bond acceptors (Lipinski definition) is 4. The lowest BCUT2D eigenvalue weighted by atomic mass is 10.0. The van der Waals surface area contributed by atoms with Crippen LogP contribution in [0.25, 0.3) is 0 Å². The van der Waals surface area contributed by atoms with Gasteiger partial charge < -0.3 is 10.2 Å². The van der Waals surface area contributed by atoms with Gasteiger partial charge in [-0.25, -0.2) is 12.8 Å². The Balaban J connectivity index is 1.57. The molecule has 1 atom stereocenters. The molecule has 0 aromatic heterocycles. The molecule has 5 rings (SSSR count). The summed E-state index contributed by atoms with van der Waals surface area (Å²) in [6.45, 7) is 0.977. The number of nitrogens with one attached hydrogen (secondary N) is 1. The Labute approximate surface area is 264 Å². The molecule has 0 heterocycles. The van der Waals surface area contributed by atoms with Crippen molar-refractivity contribution in [3.05, 3.63) is 132 Å². The summed E-state index contributed by atoms with van der Waals surface area (Å²) in [7, 11) is -4.20. The Morgan fingerprint density at radius 2 is 1.44 bits per heavy atom. The van der Waals surface area contributed by atoms with Crippen molar-refractivity contribution in [2.75, 3.05) is 10.8 Å². The molecule has 1 aliphatic carbocycles. The molecule has 2 amide bonds. The molecule has 1 N–H and O–H groups in total. The minimum atomic E-state index is -4.20. The second kappa shape index (κ2) is 14.5. The highest BCUT2D eigenvalue weighted by Gasteiger charge is 2.36. The van der Waals surface area contributed by atoms with Crippen LogP contribution in [0, 0.1) is 12.7 Å². The Morgan fingerprint density at radius 3 is 2.11 bits per heavy atom. The van der Waals surface area contributed by atoms with Gasteiger partial charge in [-0.15, -0.1) is 0 Å².